The van der Waals surface area contributed by atoms with Crippen molar-refractivity contribution >= 4 is 22.9 Å². The topological polar surface area (TPSA) is 41.5 Å². The summed E-state index contributed by atoms with van der Waals surface area (Å²) in [7, 11) is 0. The summed E-state index contributed by atoms with van der Waals surface area (Å²) in [4.78, 5) is 18.1. The molecule has 30 heavy (non-hydrogen) atoms. The third-order valence-corrected chi connectivity index (χ3v) is 6.14. The van der Waals surface area contributed by atoms with Crippen LogP contribution in [0.2, 0.25) is 0 Å². The number of carbonyl (C=O) groups excluding carboxylic acids is 1. The van der Waals surface area contributed by atoms with Gasteiger partial charge in [0.25, 0.3) is 0 Å². The third kappa shape index (κ3) is 3.75. The number of aliphatic imine (C=N–C) groups is 1. The largest absolute Gasteiger partial charge is 0.416 e. The molecule has 6 heteroatoms. The predicted octanol–water partition coefficient (Wildman–Crippen LogP) is 6.57. The Labute approximate surface area is 174 Å². The zero-order valence-corrected chi connectivity index (χ0v) is 17.5. The summed E-state index contributed by atoms with van der Waals surface area (Å²) >= 11 is 0. The number of hydrogen-bond acceptors (Lipinski definition) is 3. The molecular formula is C24H25F3N2O. The number of nitrogens with one attached hydrogen (secondary N) is 1. The summed E-state index contributed by atoms with van der Waals surface area (Å²) in [5, 5.41) is 3.44. The maximum Gasteiger partial charge on any atom is 0.416 e. The minimum absolute atomic E-state index is 0.0728. The van der Waals surface area contributed by atoms with Gasteiger partial charge in [0, 0.05) is 12.1 Å². The van der Waals surface area contributed by atoms with Gasteiger partial charge in [0.15, 0.2) is 0 Å². The van der Waals surface area contributed by atoms with Crippen molar-refractivity contribution in [3.8, 4) is 0 Å². The first kappa shape index (κ1) is 20.6. The van der Waals surface area contributed by atoms with Crippen LogP contribution in [-0.2, 0) is 11.0 Å². The van der Waals surface area contributed by atoms with Gasteiger partial charge in [-0.05, 0) is 66.6 Å². The van der Waals surface area contributed by atoms with Crippen molar-refractivity contribution in [2.24, 2.45) is 16.3 Å². The number of fused-ring (bicyclic) bond motifs is 2. The fourth-order valence-corrected chi connectivity index (χ4v) is 4.49. The van der Waals surface area contributed by atoms with Gasteiger partial charge in [-0.1, -0.05) is 26.0 Å². The van der Waals surface area contributed by atoms with Gasteiger partial charge in [-0.15, -0.1) is 0 Å². The molecule has 2 atom stereocenters. The number of benzene rings is 2. The van der Waals surface area contributed by atoms with E-state index in [1.54, 1.807) is 0 Å². The van der Waals surface area contributed by atoms with Crippen LogP contribution in [0, 0.1) is 25.2 Å². The molecule has 0 spiro atoms. The van der Waals surface area contributed by atoms with Crippen LogP contribution in [0.5, 0.6) is 0 Å². The first-order valence-corrected chi connectivity index (χ1v) is 10.1. The normalized spacial score (nSPS) is 23.0. The molecule has 0 radical (unpaired) electrons. The Kier molecular flexibility index (Phi) is 4.79. The molecule has 1 fully saturated rings. The molecule has 2 aliphatic rings. The summed E-state index contributed by atoms with van der Waals surface area (Å²) in [5.41, 5.74) is 4.33. The number of Topliss-reactive ketones (excluding diaryl/α,β-unsaturated/α-hetero) is 1. The molecule has 1 heterocycles. The van der Waals surface area contributed by atoms with Crippen molar-refractivity contribution < 1.29 is 18.0 Å². The van der Waals surface area contributed by atoms with Crippen LogP contribution < -0.4 is 5.32 Å². The monoisotopic (exact) mass is 414 g/mol. The zero-order chi connectivity index (χ0) is 21.8. The highest BCUT2D eigenvalue weighted by Gasteiger charge is 2.44. The van der Waals surface area contributed by atoms with E-state index in [1.807, 2.05) is 26.0 Å². The SMILES string of the molecule is Cc1cc2c(cc1C)NC(c1ccc(C(F)(F)F)cc1)C1C(=O)CC(C)(C)CC1=N2. The van der Waals surface area contributed by atoms with E-state index in [0.717, 1.165) is 40.3 Å². The van der Waals surface area contributed by atoms with Gasteiger partial charge in [0.05, 0.1) is 28.9 Å². The molecule has 4 rings (SSSR count). The van der Waals surface area contributed by atoms with E-state index in [2.05, 4.69) is 19.2 Å². The summed E-state index contributed by atoms with van der Waals surface area (Å²) in [6.07, 6.45) is -3.30. The molecule has 0 amide bonds. The average molecular weight is 414 g/mol. The van der Waals surface area contributed by atoms with E-state index in [0.29, 0.717) is 18.4 Å². The second-order valence-corrected chi connectivity index (χ2v) is 9.26. The summed E-state index contributed by atoms with van der Waals surface area (Å²) in [6, 6.07) is 8.64. The number of anilines is 1. The maximum absolute atomic E-state index is 13.2. The molecule has 1 N–H and O–H groups in total. The molecule has 1 aliphatic carbocycles. The van der Waals surface area contributed by atoms with Crippen LogP contribution in [0.1, 0.15) is 55.0 Å². The number of alkyl halides is 3. The highest BCUT2D eigenvalue weighted by Crippen LogP contribution is 2.45. The van der Waals surface area contributed by atoms with E-state index < -0.39 is 23.7 Å². The Balaban J connectivity index is 1.84. The van der Waals surface area contributed by atoms with Gasteiger partial charge in [-0.2, -0.15) is 13.2 Å². The van der Waals surface area contributed by atoms with Crippen molar-refractivity contribution in [2.75, 3.05) is 5.32 Å². The van der Waals surface area contributed by atoms with Gasteiger partial charge in [0.1, 0.15) is 5.78 Å². The first-order valence-electron chi connectivity index (χ1n) is 10.1. The highest BCUT2D eigenvalue weighted by molar-refractivity contribution is 6.10. The van der Waals surface area contributed by atoms with Crippen LogP contribution in [0.3, 0.4) is 0 Å². The highest BCUT2D eigenvalue weighted by atomic mass is 19.4. The maximum atomic E-state index is 13.2. The van der Waals surface area contributed by atoms with Crippen LogP contribution in [0.25, 0.3) is 0 Å². The Morgan fingerprint density at radius 1 is 1.03 bits per heavy atom. The second kappa shape index (κ2) is 6.96. The number of rotatable bonds is 1. The summed E-state index contributed by atoms with van der Waals surface area (Å²) in [6.45, 7) is 8.12. The van der Waals surface area contributed by atoms with Crippen LogP contribution in [0.15, 0.2) is 41.4 Å². The lowest BCUT2D eigenvalue weighted by atomic mass is 9.68. The predicted molar refractivity (Wildman–Crippen MR) is 112 cm³/mol. The van der Waals surface area contributed by atoms with E-state index in [1.165, 1.54) is 12.1 Å². The molecular weight excluding hydrogens is 389 g/mol. The van der Waals surface area contributed by atoms with E-state index in [-0.39, 0.29) is 11.2 Å². The summed E-state index contributed by atoms with van der Waals surface area (Å²) < 4.78 is 39.1. The van der Waals surface area contributed by atoms with Crippen LogP contribution >= 0.6 is 0 Å². The lowest BCUT2D eigenvalue weighted by Gasteiger charge is -2.37. The van der Waals surface area contributed by atoms with Gasteiger partial charge in [0.2, 0.25) is 0 Å². The molecule has 2 unspecified atom stereocenters. The quantitative estimate of drug-likeness (QED) is 0.574. The molecule has 2 aromatic rings. The molecule has 1 saturated carbocycles. The van der Waals surface area contributed by atoms with Gasteiger partial charge in [-0.3, -0.25) is 9.79 Å². The molecule has 1 aliphatic heterocycles. The summed E-state index contributed by atoms with van der Waals surface area (Å²) in [5.74, 6) is -0.425. The Morgan fingerprint density at radius 2 is 1.67 bits per heavy atom. The fraction of sp³-hybridized carbons (Fsp3) is 0.417. The zero-order valence-electron chi connectivity index (χ0n) is 17.5. The van der Waals surface area contributed by atoms with Crippen LogP contribution in [-0.4, -0.2) is 11.5 Å². The lowest BCUT2D eigenvalue weighted by molar-refractivity contribution is -0.137. The smallest absolute Gasteiger partial charge is 0.375 e. The van der Waals surface area contributed by atoms with Crippen molar-refractivity contribution in [1.82, 2.24) is 0 Å². The minimum atomic E-state index is -4.39. The Bertz CT molecular complexity index is 1040. The van der Waals surface area contributed by atoms with Crippen molar-refractivity contribution in [3.63, 3.8) is 0 Å². The Hall–Kier alpha value is -2.63. The van der Waals surface area contributed by atoms with E-state index >= 15 is 0 Å². The Morgan fingerprint density at radius 3 is 2.30 bits per heavy atom. The van der Waals surface area contributed by atoms with Gasteiger partial charge < -0.3 is 5.32 Å². The lowest BCUT2D eigenvalue weighted by Crippen LogP contribution is -2.42. The van der Waals surface area contributed by atoms with Crippen molar-refractivity contribution in [1.29, 1.82) is 0 Å². The fourth-order valence-electron chi connectivity index (χ4n) is 4.49. The molecule has 0 aromatic heterocycles. The minimum Gasteiger partial charge on any atom is -0.375 e. The van der Waals surface area contributed by atoms with Crippen molar-refractivity contribution in [2.45, 2.75) is 52.8 Å². The van der Waals surface area contributed by atoms with Gasteiger partial charge in [-0.25, -0.2) is 0 Å². The number of carbonyl (C=O) groups is 1. The molecule has 0 bridgehead atoms. The van der Waals surface area contributed by atoms with E-state index in [4.69, 9.17) is 4.99 Å². The molecule has 2 aromatic carbocycles. The second-order valence-electron chi connectivity index (χ2n) is 9.26. The van der Waals surface area contributed by atoms with Crippen molar-refractivity contribution in [3.05, 3.63) is 58.7 Å². The number of ketones is 1. The van der Waals surface area contributed by atoms with Gasteiger partial charge >= 0.3 is 6.18 Å². The standard InChI is InChI=1S/C24H25F3N2O/c1-13-9-17-18(10-14(13)2)29-22(15-5-7-16(8-6-15)24(25,26)27)21-19(28-17)11-23(3,4)12-20(21)30/h5-10,21-22,29H,11-12H2,1-4H3. The van der Waals surface area contributed by atoms with E-state index in [9.17, 15) is 18.0 Å². The number of halogens is 3. The number of nitrogens with zero attached hydrogens (tertiary/aromatic N) is 1. The molecule has 158 valence electrons. The third-order valence-electron chi connectivity index (χ3n) is 6.14. The molecule has 3 nitrogen and oxygen atoms in total. The van der Waals surface area contributed by atoms with Crippen LogP contribution in [0.4, 0.5) is 24.5 Å². The molecule has 0 saturated heterocycles. The first-order chi connectivity index (χ1) is 13.9. The average Bonchev–Trinajstić information content (AvgIpc) is 2.77. The number of hydrogen-bond donors (Lipinski definition) is 1. The number of aryl methyl sites for hydroxylation is 2.